The van der Waals surface area contributed by atoms with Crippen molar-refractivity contribution in [3.8, 4) is 0 Å². The summed E-state index contributed by atoms with van der Waals surface area (Å²) in [6.45, 7) is 2.19. The van der Waals surface area contributed by atoms with Crippen molar-refractivity contribution in [2.45, 2.75) is 32.2 Å². The SMILES string of the molecule is CCCC[C@H](N)c1cccn1C. The molecule has 0 aliphatic rings. The first-order chi connectivity index (χ1) is 5.75. The first-order valence-corrected chi connectivity index (χ1v) is 4.62. The molecule has 1 atom stereocenters. The normalized spacial score (nSPS) is 13.2. The molecule has 68 valence electrons. The molecule has 0 amide bonds. The van der Waals surface area contributed by atoms with Crippen LogP contribution in [-0.4, -0.2) is 4.57 Å². The third-order valence-corrected chi connectivity index (χ3v) is 2.23. The molecule has 2 N–H and O–H groups in total. The second-order valence-electron chi connectivity index (χ2n) is 3.29. The van der Waals surface area contributed by atoms with Crippen LogP contribution >= 0.6 is 0 Å². The Bertz CT molecular complexity index is 227. The minimum absolute atomic E-state index is 0.213. The van der Waals surface area contributed by atoms with E-state index in [1.54, 1.807) is 0 Å². The maximum Gasteiger partial charge on any atom is 0.0449 e. The van der Waals surface area contributed by atoms with Gasteiger partial charge in [0.15, 0.2) is 0 Å². The number of unbranched alkanes of at least 4 members (excludes halogenated alkanes) is 1. The van der Waals surface area contributed by atoms with E-state index >= 15 is 0 Å². The summed E-state index contributed by atoms with van der Waals surface area (Å²) >= 11 is 0. The predicted molar refractivity (Wildman–Crippen MR) is 51.9 cm³/mol. The van der Waals surface area contributed by atoms with Gasteiger partial charge in [0.2, 0.25) is 0 Å². The molecule has 1 aromatic rings. The maximum absolute atomic E-state index is 6.01. The highest BCUT2D eigenvalue weighted by atomic mass is 14.9. The van der Waals surface area contributed by atoms with Gasteiger partial charge in [-0.15, -0.1) is 0 Å². The summed E-state index contributed by atoms with van der Waals surface area (Å²) in [7, 11) is 2.04. The molecule has 0 aliphatic heterocycles. The standard InChI is InChI=1S/C10H18N2/c1-3-4-6-9(11)10-7-5-8-12(10)2/h5,7-9H,3-4,6,11H2,1-2H3/t9-/m0/s1. The third kappa shape index (κ3) is 2.11. The van der Waals surface area contributed by atoms with E-state index in [-0.39, 0.29) is 6.04 Å². The summed E-state index contributed by atoms with van der Waals surface area (Å²) in [5.41, 5.74) is 7.24. The number of rotatable bonds is 4. The van der Waals surface area contributed by atoms with Crippen LogP contribution in [0.4, 0.5) is 0 Å². The van der Waals surface area contributed by atoms with E-state index in [9.17, 15) is 0 Å². The highest BCUT2D eigenvalue weighted by molar-refractivity contribution is 5.10. The fourth-order valence-corrected chi connectivity index (χ4v) is 1.43. The second-order valence-corrected chi connectivity index (χ2v) is 3.29. The van der Waals surface area contributed by atoms with Gasteiger partial charge in [0.25, 0.3) is 0 Å². The zero-order chi connectivity index (χ0) is 8.97. The van der Waals surface area contributed by atoms with Crippen LogP contribution in [0.5, 0.6) is 0 Å². The van der Waals surface area contributed by atoms with Crippen LogP contribution in [0.3, 0.4) is 0 Å². The topological polar surface area (TPSA) is 30.9 Å². The first-order valence-electron chi connectivity index (χ1n) is 4.62. The smallest absolute Gasteiger partial charge is 0.0449 e. The Hall–Kier alpha value is -0.760. The van der Waals surface area contributed by atoms with Gasteiger partial charge < -0.3 is 10.3 Å². The Kier molecular flexibility index (Phi) is 3.35. The highest BCUT2D eigenvalue weighted by Gasteiger charge is 2.06. The molecule has 0 radical (unpaired) electrons. The molecule has 0 saturated heterocycles. The molecule has 0 saturated carbocycles. The van der Waals surface area contributed by atoms with E-state index < -0.39 is 0 Å². The van der Waals surface area contributed by atoms with Gasteiger partial charge in [0, 0.05) is 25.0 Å². The third-order valence-electron chi connectivity index (χ3n) is 2.23. The number of hydrogen-bond acceptors (Lipinski definition) is 1. The lowest BCUT2D eigenvalue weighted by atomic mass is 10.1. The van der Waals surface area contributed by atoms with Crippen molar-refractivity contribution in [3.63, 3.8) is 0 Å². The number of hydrogen-bond donors (Lipinski definition) is 1. The molecule has 0 bridgehead atoms. The quantitative estimate of drug-likeness (QED) is 0.730. The molecule has 2 nitrogen and oxygen atoms in total. The fourth-order valence-electron chi connectivity index (χ4n) is 1.43. The lowest BCUT2D eigenvalue weighted by Gasteiger charge is -2.11. The van der Waals surface area contributed by atoms with E-state index in [1.807, 2.05) is 19.3 Å². The van der Waals surface area contributed by atoms with Crippen molar-refractivity contribution in [3.05, 3.63) is 24.0 Å². The Balaban J connectivity index is 2.52. The van der Waals surface area contributed by atoms with Gasteiger partial charge in [-0.3, -0.25) is 0 Å². The second kappa shape index (κ2) is 4.31. The summed E-state index contributed by atoms with van der Waals surface area (Å²) in [6.07, 6.45) is 5.57. The Morgan fingerprint density at radius 2 is 2.33 bits per heavy atom. The van der Waals surface area contributed by atoms with Crippen LogP contribution in [0.1, 0.15) is 37.9 Å². The fraction of sp³-hybridized carbons (Fsp3) is 0.600. The predicted octanol–water partition coefficient (Wildman–Crippen LogP) is 2.22. The zero-order valence-electron chi connectivity index (χ0n) is 7.96. The number of nitrogens with zero attached hydrogens (tertiary/aromatic N) is 1. The van der Waals surface area contributed by atoms with Crippen molar-refractivity contribution in [2.24, 2.45) is 12.8 Å². The van der Waals surface area contributed by atoms with E-state index in [4.69, 9.17) is 5.73 Å². The molecule has 1 rings (SSSR count). The lowest BCUT2D eigenvalue weighted by molar-refractivity contribution is 0.572. The lowest BCUT2D eigenvalue weighted by Crippen LogP contribution is -2.13. The van der Waals surface area contributed by atoms with Crippen molar-refractivity contribution in [1.29, 1.82) is 0 Å². The van der Waals surface area contributed by atoms with E-state index in [0.717, 1.165) is 6.42 Å². The van der Waals surface area contributed by atoms with E-state index in [1.165, 1.54) is 18.5 Å². The molecule has 0 aliphatic carbocycles. The Morgan fingerprint density at radius 3 is 2.83 bits per heavy atom. The molecule has 0 aromatic carbocycles. The average Bonchev–Trinajstić information content (AvgIpc) is 2.47. The van der Waals surface area contributed by atoms with Gasteiger partial charge >= 0.3 is 0 Å². The first kappa shape index (κ1) is 9.33. The van der Waals surface area contributed by atoms with Crippen molar-refractivity contribution in [1.82, 2.24) is 4.57 Å². The molecular formula is C10H18N2. The molecule has 1 heterocycles. The van der Waals surface area contributed by atoms with Crippen LogP contribution in [0.25, 0.3) is 0 Å². The summed E-state index contributed by atoms with van der Waals surface area (Å²) in [6, 6.07) is 4.35. The summed E-state index contributed by atoms with van der Waals surface area (Å²) in [5.74, 6) is 0. The van der Waals surface area contributed by atoms with Crippen LogP contribution in [0.15, 0.2) is 18.3 Å². The molecular weight excluding hydrogens is 148 g/mol. The number of nitrogens with two attached hydrogens (primary N) is 1. The van der Waals surface area contributed by atoms with Gasteiger partial charge in [0.05, 0.1) is 0 Å². The molecule has 12 heavy (non-hydrogen) atoms. The zero-order valence-corrected chi connectivity index (χ0v) is 7.96. The van der Waals surface area contributed by atoms with Gasteiger partial charge in [-0.25, -0.2) is 0 Å². The molecule has 0 fully saturated rings. The maximum atomic E-state index is 6.01. The highest BCUT2D eigenvalue weighted by Crippen LogP contribution is 2.15. The molecule has 2 heteroatoms. The monoisotopic (exact) mass is 166 g/mol. The average molecular weight is 166 g/mol. The summed E-state index contributed by atoms with van der Waals surface area (Å²) in [4.78, 5) is 0. The number of aromatic nitrogens is 1. The van der Waals surface area contributed by atoms with Crippen LogP contribution in [0, 0.1) is 0 Å². The Morgan fingerprint density at radius 1 is 1.58 bits per heavy atom. The van der Waals surface area contributed by atoms with Crippen molar-refractivity contribution >= 4 is 0 Å². The van der Waals surface area contributed by atoms with Gasteiger partial charge in [-0.1, -0.05) is 19.8 Å². The van der Waals surface area contributed by atoms with Gasteiger partial charge in [-0.2, -0.15) is 0 Å². The minimum Gasteiger partial charge on any atom is -0.353 e. The number of aryl methyl sites for hydroxylation is 1. The van der Waals surface area contributed by atoms with Crippen molar-refractivity contribution in [2.75, 3.05) is 0 Å². The summed E-state index contributed by atoms with van der Waals surface area (Å²) in [5, 5.41) is 0. The van der Waals surface area contributed by atoms with E-state index in [0.29, 0.717) is 0 Å². The van der Waals surface area contributed by atoms with Gasteiger partial charge in [0.1, 0.15) is 0 Å². The van der Waals surface area contributed by atoms with Crippen LogP contribution < -0.4 is 5.73 Å². The molecule has 0 spiro atoms. The molecule has 0 unspecified atom stereocenters. The Labute approximate surface area is 74.4 Å². The van der Waals surface area contributed by atoms with Crippen LogP contribution in [-0.2, 0) is 7.05 Å². The van der Waals surface area contributed by atoms with Crippen molar-refractivity contribution < 1.29 is 0 Å². The van der Waals surface area contributed by atoms with Gasteiger partial charge in [-0.05, 0) is 18.6 Å². The van der Waals surface area contributed by atoms with Crippen LogP contribution in [0.2, 0.25) is 0 Å². The minimum atomic E-state index is 0.213. The summed E-state index contributed by atoms with van der Waals surface area (Å²) < 4.78 is 2.10. The largest absolute Gasteiger partial charge is 0.353 e. The molecule has 1 aromatic heterocycles. The van der Waals surface area contributed by atoms with E-state index in [2.05, 4.69) is 17.6 Å².